The Hall–Kier alpha value is -9.81. The second-order valence-corrected chi connectivity index (χ2v) is 16.0. The van der Waals surface area contributed by atoms with Gasteiger partial charge < -0.3 is 4.57 Å². The van der Waals surface area contributed by atoms with Crippen LogP contribution < -0.4 is 0 Å². The minimum absolute atomic E-state index is 0.395. The van der Waals surface area contributed by atoms with E-state index in [4.69, 9.17) is 26.5 Å². The van der Waals surface area contributed by atoms with Crippen molar-refractivity contribution in [2.75, 3.05) is 0 Å². The Morgan fingerprint density at radius 3 is 1.42 bits per heavy atom. The predicted octanol–water partition coefficient (Wildman–Crippen LogP) is 14.3. The lowest BCUT2D eigenvalue weighted by molar-refractivity contribution is 1.14. The van der Waals surface area contributed by atoms with Gasteiger partial charge in [-0.15, -0.1) is 0 Å². The van der Waals surface area contributed by atoms with Gasteiger partial charge in [0.15, 0.2) is 17.3 Å². The summed E-state index contributed by atoms with van der Waals surface area (Å²) in [5.41, 5.74) is 12.7. The Bertz CT molecular complexity index is 3560. The van der Waals surface area contributed by atoms with Crippen LogP contribution in [0.5, 0.6) is 0 Å². The van der Waals surface area contributed by atoms with Crippen LogP contribution in [-0.4, -0.2) is 24.5 Å². The molecule has 8 nitrogen and oxygen atoms in total. The summed E-state index contributed by atoms with van der Waals surface area (Å²) in [6.45, 7) is 7.62. The first-order valence-corrected chi connectivity index (χ1v) is 21.6. The fourth-order valence-corrected chi connectivity index (χ4v) is 8.77. The Morgan fingerprint density at radius 2 is 0.896 bits per heavy atom. The second kappa shape index (κ2) is 17.1. The van der Waals surface area contributed by atoms with Crippen LogP contribution in [0.15, 0.2) is 206 Å². The third-order valence-corrected chi connectivity index (χ3v) is 11.9. The summed E-state index contributed by atoms with van der Waals surface area (Å²) >= 11 is 0. The monoisotopic (exact) mass is 854 g/mol. The van der Waals surface area contributed by atoms with Crippen molar-refractivity contribution in [1.82, 2.24) is 24.5 Å². The van der Waals surface area contributed by atoms with Crippen molar-refractivity contribution in [3.8, 4) is 96.8 Å². The number of nitrogens with zero attached hydrogens (tertiary/aromatic N) is 8. The standard InChI is InChI=1S/C59H34N8/c1-62-45-27-29-46(44(32-45)37-61)43-26-28-48-47-24-14-15-25-55(47)67(56(48)33-43)57-49(53-34-51(39-16-6-2-7-17-39)63-58(65-53)41-20-10-4-11-21-41)30-38(36-60)31-50(57)54-35-52(40-18-8-3-9-19-40)64-59(66-54)42-22-12-5-13-23-42/h2-35H. The van der Waals surface area contributed by atoms with Gasteiger partial charge in [-0.1, -0.05) is 164 Å². The molecule has 11 aromatic rings. The molecule has 0 unspecified atom stereocenters. The van der Waals surface area contributed by atoms with Crippen LogP contribution in [0.25, 0.3) is 111 Å². The van der Waals surface area contributed by atoms with Gasteiger partial charge in [-0.3, -0.25) is 0 Å². The molecule has 3 heterocycles. The van der Waals surface area contributed by atoms with Gasteiger partial charge in [0.1, 0.15) is 0 Å². The summed E-state index contributed by atoms with van der Waals surface area (Å²) < 4.78 is 2.23. The molecule has 0 spiro atoms. The van der Waals surface area contributed by atoms with Gasteiger partial charge in [-0.2, -0.15) is 10.5 Å². The fraction of sp³-hybridized carbons (Fsp3) is 0. The molecular formula is C59H34N8. The summed E-state index contributed by atoms with van der Waals surface area (Å²) in [4.78, 5) is 24.5. The smallest absolute Gasteiger partial charge is 0.188 e. The van der Waals surface area contributed by atoms with Gasteiger partial charge in [0, 0.05) is 49.7 Å². The Morgan fingerprint density at radius 1 is 0.403 bits per heavy atom. The van der Waals surface area contributed by atoms with Crippen molar-refractivity contribution < 1.29 is 0 Å². The molecule has 0 atom stereocenters. The van der Waals surface area contributed by atoms with E-state index in [0.29, 0.717) is 56.5 Å². The van der Waals surface area contributed by atoms with Gasteiger partial charge in [0.05, 0.1) is 63.8 Å². The molecule has 0 N–H and O–H groups in total. The van der Waals surface area contributed by atoms with Gasteiger partial charge in [-0.25, -0.2) is 24.8 Å². The molecular weight excluding hydrogens is 821 g/mol. The van der Waals surface area contributed by atoms with Crippen LogP contribution in [0.3, 0.4) is 0 Å². The third-order valence-electron chi connectivity index (χ3n) is 11.9. The lowest BCUT2D eigenvalue weighted by Gasteiger charge is -2.20. The van der Waals surface area contributed by atoms with Crippen LogP contribution >= 0.6 is 0 Å². The Labute approximate surface area is 386 Å². The summed E-state index contributed by atoms with van der Waals surface area (Å²) in [5, 5.41) is 23.3. The zero-order chi connectivity index (χ0) is 45.3. The lowest BCUT2D eigenvalue weighted by Crippen LogP contribution is -2.05. The molecule has 0 saturated heterocycles. The number of hydrogen-bond donors (Lipinski definition) is 0. The summed E-state index contributed by atoms with van der Waals surface area (Å²) in [6.07, 6.45) is 0. The number of fused-ring (bicyclic) bond motifs is 3. The predicted molar refractivity (Wildman–Crippen MR) is 266 cm³/mol. The average molecular weight is 855 g/mol. The van der Waals surface area contributed by atoms with Crippen LogP contribution in [0.1, 0.15) is 11.1 Å². The molecule has 0 radical (unpaired) electrons. The van der Waals surface area contributed by atoms with E-state index in [0.717, 1.165) is 66.7 Å². The molecule has 11 rings (SSSR count). The molecule has 310 valence electrons. The lowest BCUT2D eigenvalue weighted by atomic mass is 9.95. The van der Waals surface area contributed by atoms with Crippen LogP contribution in [0.2, 0.25) is 0 Å². The Balaban J connectivity index is 1.30. The minimum atomic E-state index is 0.395. The van der Waals surface area contributed by atoms with E-state index in [1.165, 1.54) is 0 Å². The topological polar surface area (TPSA) is 108 Å². The van der Waals surface area contributed by atoms with E-state index < -0.39 is 0 Å². The first-order chi connectivity index (χ1) is 33.1. The maximum absolute atomic E-state index is 11.0. The van der Waals surface area contributed by atoms with E-state index in [1.54, 1.807) is 12.1 Å². The normalized spacial score (nSPS) is 10.9. The fourth-order valence-electron chi connectivity index (χ4n) is 8.77. The van der Waals surface area contributed by atoms with E-state index in [2.05, 4.69) is 45.8 Å². The van der Waals surface area contributed by atoms with E-state index in [1.807, 2.05) is 170 Å². The highest BCUT2D eigenvalue weighted by Gasteiger charge is 2.25. The van der Waals surface area contributed by atoms with E-state index >= 15 is 0 Å². The van der Waals surface area contributed by atoms with E-state index in [-0.39, 0.29) is 0 Å². The molecule has 0 saturated carbocycles. The summed E-state index contributed by atoms with van der Waals surface area (Å²) in [6, 6.07) is 72.2. The SMILES string of the molecule is [C-]#[N+]c1ccc(-c2ccc3c4ccccc4n(-c4c(-c5cc(-c6ccccc6)nc(-c6ccccc6)n5)cc(C#N)cc4-c4cc(-c5ccccc5)nc(-c5ccccc5)n4)c3c2)c(C#N)c1. The number of para-hydroxylation sites is 1. The highest BCUT2D eigenvalue weighted by molar-refractivity contribution is 6.11. The van der Waals surface area contributed by atoms with Crippen LogP contribution in [0.4, 0.5) is 5.69 Å². The molecule has 0 amide bonds. The summed E-state index contributed by atoms with van der Waals surface area (Å²) in [5.74, 6) is 1.06. The quantitative estimate of drug-likeness (QED) is 0.141. The maximum Gasteiger partial charge on any atom is 0.188 e. The Kier molecular flexibility index (Phi) is 10.2. The van der Waals surface area contributed by atoms with Crippen LogP contribution in [0, 0.1) is 29.2 Å². The molecule has 8 aromatic carbocycles. The highest BCUT2D eigenvalue weighted by Crippen LogP contribution is 2.44. The molecule has 0 aliphatic carbocycles. The molecule has 67 heavy (non-hydrogen) atoms. The highest BCUT2D eigenvalue weighted by atomic mass is 15.0. The molecule has 0 fully saturated rings. The maximum atomic E-state index is 11.0. The van der Waals surface area contributed by atoms with Crippen molar-refractivity contribution in [3.05, 3.63) is 229 Å². The molecule has 0 aliphatic heterocycles. The first-order valence-electron chi connectivity index (χ1n) is 21.6. The van der Waals surface area contributed by atoms with Gasteiger partial charge in [-0.05, 0) is 53.6 Å². The minimum Gasteiger partial charge on any atom is -0.308 e. The van der Waals surface area contributed by atoms with Crippen molar-refractivity contribution in [3.63, 3.8) is 0 Å². The average Bonchev–Trinajstić information content (AvgIpc) is 3.74. The van der Waals surface area contributed by atoms with Crippen LogP contribution in [-0.2, 0) is 0 Å². The molecule has 8 heteroatoms. The number of nitriles is 2. The van der Waals surface area contributed by atoms with Crippen molar-refractivity contribution >= 4 is 27.5 Å². The second-order valence-electron chi connectivity index (χ2n) is 16.0. The number of hydrogen-bond acceptors (Lipinski definition) is 6. The van der Waals surface area contributed by atoms with Gasteiger partial charge in [0.2, 0.25) is 0 Å². The number of benzene rings is 8. The van der Waals surface area contributed by atoms with Crippen molar-refractivity contribution in [1.29, 1.82) is 10.5 Å². The third kappa shape index (κ3) is 7.41. The number of rotatable bonds is 8. The van der Waals surface area contributed by atoms with Crippen molar-refractivity contribution in [2.24, 2.45) is 0 Å². The number of aromatic nitrogens is 5. The van der Waals surface area contributed by atoms with E-state index in [9.17, 15) is 10.5 Å². The summed E-state index contributed by atoms with van der Waals surface area (Å²) in [7, 11) is 0. The largest absolute Gasteiger partial charge is 0.308 e. The van der Waals surface area contributed by atoms with Gasteiger partial charge in [0.25, 0.3) is 0 Å². The zero-order valence-electron chi connectivity index (χ0n) is 35.7. The molecule has 3 aromatic heterocycles. The first kappa shape index (κ1) is 40.0. The van der Waals surface area contributed by atoms with Crippen molar-refractivity contribution in [2.45, 2.75) is 0 Å². The molecule has 0 aliphatic rings. The molecule has 0 bridgehead atoms. The zero-order valence-corrected chi connectivity index (χ0v) is 35.7. The van der Waals surface area contributed by atoms with Gasteiger partial charge >= 0.3 is 0 Å².